The number of esters is 1. The molecule has 0 aromatic heterocycles. The molecule has 0 bridgehead atoms. The maximum atomic E-state index is 11.8. The Bertz CT molecular complexity index is 507. The van der Waals surface area contributed by atoms with E-state index in [2.05, 4.69) is 5.32 Å². The van der Waals surface area contributed by atoms with Crippen LogP contribution in [0.15, 0.2) is 12.1 Å². The number of anilines is 1. The summed E-state index contributed by atoms with van der Waals surface area (Å²) in [6, 6.07) is 2.78. The number of hydrogen-bond acceptors (Lipinski definition) is 4. The summed E-state index contributed by atoms with van der Waals surface area (Å²) in [7, 11) is 0. The van der Waals surface area contributed by atoms with E-state index in [1.54, 1.807) is 0 Å². The highest BCUT2D eigenvalue weighted by atomic mass is 35.5. The second-order valence-corrected chi connectivity index (χ2v) is 4.93. The highest BCUT2D eigenvalue weighted by Gasteiger charge is 2.16. The van der Waals surface area contributed by atoms with Crippen molar-refractivity contribution in [3.05, 3.63) is 27.7 Å². The van der Waals surface area contributed by atoms with Crippen LogP contribution in [-0.4, -0.2) is 25.0 Å². The van der Waals surface area contributed by atoms with Gasteiger partial charge < -0.3 is 15.8 Å². The Morgan fingerprint density at radius 1 is 1.35 bits per heavy atom. The lowest BCUT2D eigenvalue weighted by molar-refractivity contribution is -0.124. The quantitative estimate of drug-likeness (QED) is 0.480. The first-order valence-corrected chi connectivity index (χ1v) is 6.89. The minimum absolute atomic E-state index is 0.0398. The average Bonchev–Trinajstić information content (AvgIpc) is 2.40. The lowest BCUT2D eigenvalue weighted by Gasteiger charge is -2.08. The molecule has 0 spiro atoms. The molecule has 0 aliphatic heterocycles. The number of amides is 1. The number of carbonyl (C=O) groups is 2. The Labute approximate surface area is 127 Å². The van der Waals surface area contributed by atoms with Gasteiger partial charge in [0.2, 0.25) is 0 Å². The number of carbonyl (C=O) groups excluding carboxylic acids is 2. The highest BCUT2D eigenvalue weighted by molar-refractivity contribution is 6.44. The Hall–Kier alpha value is -1.46. The topological polar surface area (TPSA) is 81.4 Å². The van der Waals surface area contributed by atoms with Crippen LogP contribution >= 0.6 is 23.2 Å². The Kier molecular flexibility index (Phi) is 6.61. The number of ether oxygens (including phenoxy) is 1. The van der Waals surface area contributed by atoms with E-state index in [-0.39, 0.29) is 28.1 Å². The molecule has 1 amide bonds. The average molecular weight is 319 g/mol. The fourth-order valence-corrected chi connectivity index (χ4v) is 1.84. The van der Waals surface area contributed by atoms with E-state index in [0.717, 1.165) is 12.8 Å². The van der Waals surface area contributed by atoms with Crippen LogP contribution in [0.5, 0.6) is 0 Å². The molecule has 5 nitrogen and oxygen atoms in total. The van der Waals surface area contributed by atoms with Crippen LogP contribution in [0.4, 0.5) is 5.69 Å². The van der Waals surface area contributed by atoms with Crippen LogP contribution in [0.25, 0.3) is 0 Å². The molecule has 0 unspecified atom stereocenters. The molecule has 0 fully saturated rings. The number of nitrogens with two attached hydrogens (primary N) is 1. The largest absolute Gasteiger partial charge is 0.452 e. The summed E-state index contributed by atoms with van der Waals surface area (Å²) < 4.78 is 4.86. The molecule has 0 saturated heterocycles. The van der Waals surface area contributed by atoms with E-state index in [1.807, 2.05) is 6.92 Å². The minimum Gasteiger partial charge on any atom is -0.452 e. The molecule has 0 saturated carbocycles. The van der Waals surface area contributed by atoms with Crippen molar-refractivity contribution in [1.29, 1.82) is 0 Å². The Morgan fingerprint density at radius 3 is 2.70 bits per heavy atom. The second kappa shape index (κ2) is 7.97. The smallest absolute Gasteiger partial charge is 0.340 e. The Balaban J connectivity index is 2.57. The van der Waals surface area contributed by atoms with Gasteiger partial charge in [0.15, 0.2) is 6.61 Å². The van der Waals surface area contributed by atoms with Gasteiger partial charge in [-0.15, -0.1) is 0 Å². The van der Waals surface area contributed by atoms with Crippen LogP contribution < -0.4 is 11.1 Å². The number of rotatable bonds is 6. The van der Waals surface area contributed by atoms with Gasteiger partial charge in [0.1, 0.15) is 0 Å². The van der Waals surface area contributed by atoms with Gasteiger partial charge in [-0.25, -0.2) is 4.79 Å². The zero-order valence-electron chi connectivity index (χ0n) is 11.0. The molecule has 1 aromatic carbocycles. The van der Waals surface area contributed by atoms with E-state index < -0.39 is 5.97 Å². The van der Waals surface area contributed by atoms with Crippen LogP contribution in [-0.2, 0) is 9.53 Å². The van der Waals surface area contributed by atoms with Crippen molar-refractivity contribution >= 4 is 40.8 Å². The molecule has 7 heteroatoms. The van der Waals surface area contributed by atoms with E-state index >= 15 is 0 Å². The number of hydrogen-bond donors (Lipinski definition) is 2. The lowest BCUT2D eigenvalue weighted by Crippen LogP contribution is -2.29. The van der Waals surface area contributed by atoms with Crippen molar-refractivity contribution < 1.29 is 14.3 Å². The monoisotopic (exact) mass is 318 g/mol. The van der Waals surface area contributed by atoms with Crippen molar-refractivity contribution in [2.75, 3.05) is 18.9 Å². The van der Waals surface area contributed by atoms with Gasteiger partial charge in [0, 0.05) is 12.2 Å². The fraction of sp³-hybridized carbons (Fsp3) is 0.385. The van der Waals surface area contributed by atoms with Crippen molar-refractivity contribution in [2.45, 2.75) is 19.8 Å². The van der Waals surface area contributed by atoms with Crippen molar-refractivity contribution in [3.63, 3.8) is 0 Å². The molecule has 3 N–H and O–H groups in total. The van der Waals surface area contributed by atoms with E-state index in [0.29, 0.717) is 12.2 Å². The molecule has 20 heavy (non-hydrogen) atoms. The zero-order valence-corrected chi connectivity index (χ0v) is 12.6. The third kappa shape index (κ3) is 4.90. The summed E-state index contributed by atoms with van der Waals surface area (Å²) in [5, 5.41) is 2.84. The number of nitrogens with one attached hydrogen (secondary N) is 1. The van der Waals surface area contributed by atoms with Crippen LogP contribution in [0, 0.1) is 0 Å². The predicted octanol–water partition coefficient (Wildman–Crippen LogP) is 2.65. The third-order valence-electron chi connectivity index (χ3n) is 2.46. The molecule has 0 atom stereocenters. The zero-order chi connectivity index (χ0) is 15.1. The molecule has 0 aliphatic carbocycles. The summed E-state index contributed by atoms with van der Waals surface area (Å²) in [6.45, 7) is 2.20. The number of nitrogen functional groups attached to an aromatic ring is 1. The first-order chi connectivity index (χ1) is 9.45. The molecule has 110 valence electrons. The molecular formula is C13H16Cl2N2O3. The van der Waals surface area contributed by atoms with Crippen molar-refractivity contribution in [1.82, 2.24) is 5.32 Å². The van der Waals surface area contributed by atoms with E-state index in [1.165, 1.54) is 12.1 Å². The second-order valence-electron chi connectivity index (χ2n) is 4.14. The lowest BCUT2D eigenvalue weighted by atomic mass is 10.2. The molecule has 0 aliphatic rings. The number of halogens is 2. The fourth-order valence-electron chi connectivity index (χ4n) is 1.42. The maximum absolute atomic E-state index is 11.8. The van der Waals surface area contributed by atoms with Gasteiger partial charge >= 0.3 is 5.97 Å². The van der Waals surface area contributed by atoms with E-state index in [9.17, 15) is 9.59 Å². The maximum Gasteiger partial charge on any atom is 0.340 e. The van der Waals surface area contributed by atoms with Gasteiger partial charge in [-0.1, -0.05) is 36.5 Å². The minimum atomic E-state index is -0.741. The normalized spacial score (nSPS) is 10.2. The van der Waals surface area contributed by atoms with Gasteiger partial charge in [0.05, 0.1) is 15.6 Å². The highest BCUT2D eigenvalue weighted by Crippen LogP contribution is 2.29. The van der Waals surface area contributed by atoms with Gasteiger partial charge in [0.25, 0.3) is 5.91 Å². The Morgan fingerprint density at radius 2 is 2.05 bits per heavy atom. The molecule has 1 rings (SSSR count). The summed E-state index contributed by atoms with van der Waals surface area (Å²) in [6.07, 6.45) is 1.84. The first-order valence-electron chi connectivity index (χ1n) is 6.14. The van der Waals surface area contributed by atoms with Crippen molar-refractivity contribution in [3.8, 4) is 0 Å². The number of unbranched alkanes of at least 4 members (excludes halogenated alkanes) is 1. The summed E-state index contributed by atoms with van der Waals surface area (Å²) >= 11 is 11.7. The first kappa shape index (κ1) is 16.6. The van der Waals surface area contributed by atoms with Gasteiger partial charge in [-0.05, 0) is 18.6 Å². The van der Waals surface area contributed by atoms with Crippen LogP contribution in [0.3, 0.4) is 0 Å². The van der Waals surface area contributed by atoms with Crippen molar-refractivity contribution in [2.24, 2.45) is 0 Å². The SMILES string of the molecule is CCCCNC(=O)COC(=O)c1cc(N)cc(Cl)c1Cl. The van der Waals surface area contributed by atoms with Gasteiger partial charge in [-0.2, -0.15) is 0 Å². The number of benzene rings is 1. The molecule has 0 heterocycles. The summed E-state index contributed by atoms with van der Waals surface area (Å²) in [5.41, 5.74) is 5.90. The predicted molar refractivity (Wildman–Crippen MR) is 79.1 cm³/mol. The third-order valence-corrected chi connectivity index (χ3v) is 3.26. The van der Waals surface area contributed by atoms with Crippen LogP contribution in [0.2, 0.25) is 10.0 Å². The molecule has 1 aromatic rings. The molecular weight excluding hydrogens is 303 g/mol. The van der Waals surface area contributed by atoms with Gasteiger partial charge in [-0.3, -0.25) is 4.79 Å². The summed E-state index contributed by atoms with van der Waals surface area (Å²) in [4.78, 5) is 23.2. The van der Waals surface area contributed by atoms with E-state index in [4.69, 9.17) is 33.7 Å². The molecule has 0 radical (unpaired) electrons. The van der Waals surface area contributed by atoms with Crippen LogP contribution in [0.1, 0.15) is 30.1 Å². The standard InChI is InChI=1S/C13H16Cl2N2O3/c1-2-3-4-17-11(18)7-20-13(19)9-5-8(16)6-10(14)12(9)15/h5-6H,2-4,7,16H2,1H3,(H,17,18). The summed E-state index contributed by atoms with van der Waals surface area (Å²) in [5.74, 6) is -1.10.